The van der Waals surface area contributed by atoms with Crippen LogP contribution in [-0.4, -0.2) is 32.3 Å². The van der Waals surface area contributed by atoms with Crippen LogP contribution in [0, 0.1) is 5.92 Å². The van der Waals surface area contributed by atoms with E-state index in [-0.39, 0.29) is 11.1 Å². The Morgan fingerprint density at radius 1 is 1.12 bits per heavy atom. The van der Waals surface area contributed by atoms with Crippen molar-refractivity contribution in [2.75, 3.05) is 13.1 Å². The van der Waals surface area contributed by atoms with Crippen LogP contribution in [0.15, 0.2) is 40.1 Å². The molecule has 1 saturated heterocycles. The Bertz CT molecular complexity index is 860. The summed E-state index contributed by atoms with van der Waals surface area (Å²) in [5, 5.41) is 4.53. The van der Waals surface area contributed by atoms with Crippen LogP contribution in [0.25, 0.3) is 0 Å². The maximum atomic E-state index is 12.0. The molecule has 2 aromatic heterocycles. The zero-order valence-corrected chi connectivity index (χ0v) is 13.9. The molecule has 0 atom stereocenters. The number of aryl methyl sites for hydroxylation is 1. The first-order chi connectivity index (χ1) is 11.6. The third-order valence-corrected chi connectivity index (χ3v) is 4.92. The molecule has 24 heavy (non-hydrogen) atoms. The van der Waals surface area contributed by atoms with E-state index in [1.54, 1.807) is 28.4 Å². The minimum absolute atomic E-state index is 0.00981. The third kappa shape index (κ3) is 3.19. The van der Waals surface area contributed by atoms with Crippen LogP contribution in [0.4, 0.5) is 0 Å². The highest BCUT2D eigenvalue weighted by atomic mass is 16.1. The number of hydrogen-bond donors (Lipinski definition) is 0. The smallest absolute Gasteiger partial charge is 0.266 e. The van der Waals surface area contributed by atoms with E-state index in [1.807, 2.05) is 18.3 Å². The van der Waals surface area contributed by atoms with Crippen LogP contribution in [-0.2, 0) is 20.1 Å². The molecule has 0 amide bonds. The first kappa shape index (κ1) is 15.3. The van der Waals surface area contributed by atoms with E-state index in [4.69, 9.17) is 0 Å². The van der Waals surface area contributed by atoms with Crippen LogP contribution in [0.2, 0.25) is 0 Å². The highest BCUT2D eigenvalue weighted by molar-refractivity contribution is 5.13. The predicted octanol–water partition coefficient (Wildman–Crippen LogP) is 0.951. The fourth-order valence-corrected chi connectivity index (χ4v) is 3.30. The number of pyridine rings is 1. The van der Waals surface area contributed by atoms with Gasteiger partial charge in [-0.2, -0.15) is 5.10 Å². The van der Waals surface area contributed by atoms with E-state index in [0.29, 0.717) is 18.4 Å². The molecule has 2 aromatic rings. The molecule has 0 aromatic carbocycles. The third-order valence-electron chi connectivity index (χ3n) is 4.92. The van der Waals surface area contributed by atoms with Crippen LogP contribution < -0.4 is 11.1 Å². The van der Waals surface area contributed by atoms with Gasteiger partial charge >= 0.3 is 0 Å². The number of hydrogen-bond acceptors (Lipinski definition) is 4. The van der Waals surface area contributed by atoms with Gasteiger partial charge in [-0.25, -0.2) is 4.68 Å². The van der Waals surface area contributed by atoms with Gasteiger partial charge < -0.3 is 4.57 Å². The van der Waals surface area contributed by atoms with Gasteiger partial charge in [-0.1, -0.05) is 0 Å². The maximum Gasteiger partial charge on any atom is 0.266 e. The standard InChI is InChI=1S/C18H22N4O2/c1-20-7-6-13(8-18(20)24)9-21-10-14(11-21)12-22-17(23)5-4-16(19-22)15-2-3-15/h4-8,14-15H,2-3,9-12H2,1H3. The number of likely N-dealkylation sites (tertiary alicyclic amines) is 1. The largest absolute Gasteiger partial charge is 0.319 e. The van der Waals surface area contributed by atoms with Gasteiger partial charge in [0, 0.05) is 56.8 Å². The van der Waals surface area contributed by atoms with Gasteiger partial charge in [0.15, 0.2) is 0 Å². The monoisotopic (exact) mass is 326 g/mol. The molecule has 0 unspecified atom stereocenters. The molecule has 0 N–H and O–H groups in total. The number of aromatic nitrogens is 3. The van der Waals surface area contributed by atoms with E-state index in [2.05, 4.69) is 10.00 Å². The maximum absolute atomic E-state index is 12.0. The van der Waals surface area contributed by atoms with Crippen LogP contribution >= 0.6 is 0 Å². The Kier molecular flexibility index (Phi) is 3.84. The Morgan fingerprint density at radius 3 is 2.62 bits per heavy atom. The molecule has 6 heteroatoms. The highest BCUT2D eigenvalue weighted by Crippen LogP contribution is 2.38. The Labute approximate surface area is 140 Å². The van der Waals surface area contributed by atoms with E-state index in [1.165, 1.54) is 12.8 Å². The molecule has 3 heterocycles. The summed E-state index contributed by atoms with van der Waals surface area (Å²) in [6.07, 6.45) is 4.19. The SMILES string of the molecule is Cn1ccc(CN2CC(Cn3nc(C4CC4)ccc3=O)C2)cc1=O. The lowest BCUT2D eigenvalue weighted by Crippen LogP contribution is -2.49. The van der Waals surface area contributed by atoms with Crippen LogP contribution in [0.5, 0.6) is 0 Å². The number of rotatable bonds is 5. The number of nitrogens with zero attached hydrogens (tertiary/aromatic N) is 4. The summed E-state index contributed by atoms with van der Waals surface area (Å²) in [7, 11) is 1.76. The molecular weight excluding hydrogens is 304 g/mol. The predicted molar refractivity (Wildman–Crippen MR) is 90.9 cm³/mol. The molecule has 0 bridgehead atoms. The fourth-order valence-electron chi connectivity index (χ4n) is 3.30. The lowest BCUT2D eigenvalue weighted by atomic mass is 9.99. The molecule has 1 saturated carbocycles. The first-order valence-electron chi connectivity index (χ1n) is 8.54. The average Bonchev–Trinajstić information content (AvgIpc) is 3.35. The van der Waals surface area contributed by atoms with Crippen molar-refractivity contribution in [3.8, 4) is 0 Å². The Balaban J connectivity index is 1.34. The van der Waals surface area contributed by atoms with Gasteiger partial charge in [-0.3, -0.25) is 14.5 Å². The fraction of sp³-hybridized carbons (Fsp3) is 0.500. The van der Waals surface area contributed by atoms with E-state index < -0.39 is 0 Å². The average molecular weight is 326 g/mol. The second-order valence-corrected chi connectivity index (χ2v) is 7.10. The van der Waals surface area contributed by atoms with Gasteiger partial charge in [0.2, 0.25) is 0 Å². The van der Waals surface area contributed by atoms with Crippen molar-refractivity contribution in [2.45, 2.75) is 31.8 Å². The summed E-state index contributed by atoms with van der Waals surface area (Å²) < 4.78 is 3.21. The lowest BCUT2D eigenvalue weighted by Gasteiger charge is -2.39. The topological polar surface area (TPSA) is 60.1 Å². The molecule has 2 fully saturated rings. The second-order valence-electron chi connectivity index (χ2n) is 7.10. The van der Waals surface area contributed by atoms with Gasteiger partial charge in [-0.15, -0.1) is 0 Å². The molecule has 126 valence electrons. The summed E-state index contributed by atoms with van der Waals surface area (Å²) in [6.45, 7) is 3.36. The van der Waals surface area contributed by atoms with Crippen molar-refractivity contribution in [2.24, 2.45) is 13.0 Å². The normalized spacial score (nSPS) is 18.5. The van der Waals surface area contributed by atoms with Crippen LogP contribution in [0.3, 0.4) is 0 Å². The quantitative estimate of drug-likeness (QED) is 0.821. The lowest BCUT2D eigenvalue weighted by molar-refractivity contribution is 0.0764. The molecular formula is C18H22N4O2. The molecule has 0 spiro atoms. The minimum Gasteiger partial charge on any atom is -0.319 e. The highest BCUT2D eigenvalue weighted by Gasteiger charge is 2.29. The second kappa shape index (κ2) is 6.02. The molecule has 2 aliphatic rings. The summed E-state index contributed by atoms with van der Waals surface area (Å²) in [4.78, 5) is 25.9. The molecule has 4 rings (SSSR count). The summed E-state index contributed by atoms with van der Waals surface area (Å²) >= 11 is 0. The minimum atomic E-state index is -0.00981. The Hall–Kier alpha value is -2.21. The zero-order valence-electron chi connectivity index (χ0n) is 13.9. The van der Waals surface area contributed by atoms with Gasteiger partial charge in [-0.05, 0) is 30.5 Å². The van der Waals surface area contributed by atoms with E-state index >= 15 is 0 Å². The van der Waals surface area contributed by atoms with Crippen molar-refractivity contribution >= 4 is 0 Å². The summed E-state index contributed by atoms with van der Waals surface area (Å²) in [6, 6.07) is 7.20. The molecule has 1 aliphatic heterocycles. The Morgan fingerprint density at radius 2 is 1.92 bits per heavy atom. The van der Waals surface area contributed by atoms with Crippen molar-refractivity contribution in [1.29, 1.82) is 0 Å². The van der Waals surface area contributed by atoms with Crippen LogP contribution in [0.1, 0.15) is 30.0 Å². The molecule has 0 radical (unpaired) electrons. The van der Waals surface area contributed by atoms with Crippen molar-refractivity contribution in [3.05, 3.63) is 62.4 Å². The van der Waals surface area contributed by atoms with Gasteiger partial charge in [0.1, 0.15) is 0 Å². The van der Waals surface area contributed by atoms with Crippen molar-refractivity contribution < 1.29 is 0 Å². The summed E-state index contributed by atoms with van der Waals surface area (Å²) in [5.41, 5.74) is 2.12. The van der Waals surface area contributed by atoms with Gasteiger partial charge in [0.25, 0.3) is 11.1 Å². The van der Waals surface area contributed by atoms with Gasteiger partial charge in [0.05, 0.1) is 12.2 Å². The van der Waals surface area contributed by atoms with Crippen molar-refractivity contribution in [3.63, 3.8) is 0 Å². The first-order valence-corrected chi connectivity index (χ1v) is 8.54. The summed E-state index contributed by atoms with van der Waals surface area (Å²) in [5.74, 6) is 1.02. The zero-order chi connectivity index (χ0) is 16.7. The van der Waals surface area contributed by atoms with E-state index in [0.717, 1.165) is 30.9 Å². The molecule has 6 nitrogen and oxygen atoms in total. The van der Waals surface area contributed by atoms with Crippen molar-refractivity contribution in [1.82, 2.24) is 19.2 Å². The molecule has 1 aliphatic carbocycles. The van der Waals surface area contributed by atoms with E-state index in [9.17, 15) is 9.59 Å².